The lowest BCUT2D eigenvalue weighted by Crippen LogP contribution is -2.07. The first-order valence-corrected chi connectivity index (χ1v) is 4.28. The molecule has 0 aliphatic carbocycles. The van der Waals surface area contributed by atoms with Crippen LogP contribution in [0.2, 0.25) is 0 Å². The Kier molecular flexibility index (Phi) is 4.64. The average Bonchev–Trinajstić information content (AvgIpc) is 1.98. The van der Waals surface area contributed by atoms with Crippen LogP contribution in [0.15, 0.2) is 11.8 Å². The van der Waals surface area contributed by atoms with Crippen LogP contribution in [0, 0.1) is 11.8 Å². The zero-order chi connectivity index (χ0) is 9.72. The first-order valence-electron chi connectivity index (χ1n) is 4.28. The number of hydrogen-bond donors (Lipinski definition) is 0. The third kappa shape index (κ3) is 3.56. The second-order valence-electron chi connectivity index (χ2n) is 3.46. The van der Waals surface area contributed by atoms with Crippen molar-refractivity contribution >= 4 is 5.78 Å². The van der Waals surface area contributed by atoms with Gasteiger partial charge in [0, 0.05) is 17.9 Å². The maximum absolute atomic E-state index is 11.3. The molecule has 0 saturated heterocycles. The fourth-order valence-electron chi connectivity index (χ4n) is 0.768. The monoisotopic (exact) mass is 170 g/mol. The van der Waals surface area contributed by atoms with E-state index in [2.05, 4.69) is 0 Å². The number of hydrogen-bond acceptors (Lipinski definition) is 2. The van der Waals surface area contributed by atoms with Gasteiger partial charge in [0.2, 0.25) is 0 Å². The summed E-state index contributed by atoms with van der Waals surface area (Å²) in [5, 5.41) is 0. The molecule has 0 saturated carbocycles. The molecule has 0 aromatic carbocycles. The smallest absolute Gasteiger partial charge is 0.161 e. The molecule has 12 heavy (non-hydrogen) atoms. The summed E-state index contributed by atoms with van der Waals surface area (Å²) in [7, 11) is 1.60. The number of methoxy groups -OCH3 is 1. The molecule has 0 rings (SSSR count). The average molecular weight is 170 g/mol. The number of rotatable bonds is 4. The molecular weight excluding hydrogens is 152 g/mol. The molecule has 0 unspecified atom stereocenters. The Hall–Kier alpha value is -0.790. The van der Waals surface area contributed by atoms with E-state index in [-0.39, 0.29) is 17.6 Å². The van der Waals surface area contributed by atoms with Crippen molar-refractivity contribution in [1.29, 1.82) is 0 Å². The maximum atomic E-state index is 11.3. The van der Waals surface area contributed by atoms with E-state index in [9.17, 15) is 4.79 Å². The third-order valence-electron chi connectivity index (χ3n) is 1.66. The zero-order valence-electron chi connectivity index (χ0n) is 8.55. The number of allylic oxidation sites excluding steroid dienone is 2. The molecule has 0 N–H and O–H groups in total. The van der Waals surface area contributed by atoms with Gasteiger partial charge in [0.1, 0.15) is 5.76 Å². The quantitative estimate of drug-likeness (QED) is 0.478. The minimum absolute atomic E-state index is 0.0499. The van der Waals surface area contributed by atoms with Crippen LogP contribution in [0.25, 0.3) is 0 Å². The van der Waals surface area contributed by atoms with Crippen LogP contribution >= 0.6 is 0 Å². The van der Waals surface area contributed by atoms with Crippen molar-refractivity contribution in [2.24, 2.45) is 11.8 Å². The number of ketones is 1. The minimum atomic E-state index is 0.0499. The fraction of sp³-hybridized carbons (Fsp3) is 0.700. The van der Waals surface area contributed by atoms with E-state index in [1.807, 2.05) is 27.7 Å². The van der Waals surface area contributed by atoms with Crippen molar-refractivity contribution < 1.29 is 9.53 Å². The lowest BCUT2D eigenvalue weighted by molar-refractivity contribution is -0.117. The fourth-order valence-corrected chi connectivity index (χ4v) is 0.768. The zero-order valence-corrected chi connectivity index (χ0v) is 8.55. The third-order valence-corrected chi connectivity index (χ3v) is 1.66. The van der Waals surface area contributed by atoms with Crippen LogP contribution < -0.4 is 0 Å². The second kappa shape index (κ2) is 4.96. The van der Waals surface area contributed by atoms with E-state index in [1.165, 1.54) is 0 Å². The normalized spacial score (nSPS) is 12.4. The lowest BCUT2D eigenvalue weighted by Gasteiger charge is -2.09. The summed E-state index contributed by atoms with van der Waals surface area (Å²) in [5.41, 5.74) is 0. The Labute approximate surface area is 74.6 Å². The number of carbonyl (C=O) groups is 1. The Morgan fingerprint density at radius 3 is 1.92 bits per heavy atom. The van der Waals surface area contributed by atoms with E-state index in [4.69, 9.17) is 4.74 Å². The van der Waals surface area contributed by atoms with Crippen molar-refractivity contribution in [3.05, 3.63) is 11.8 Å². The van der Waals surface area contributed by atoms with Gasteiger partial charge >= 0.3 is 0 Å². The van der Waals surface area contributed by atoms with Gasteiger partial charge in [0.15, 0.2) is 5.78 Å². The van der Waals surface area contributed by atoms with E-state index >= 15 is 0 Å². The largest absolute Gasteiger partial charge is 0.501 e. The van der Waals surface area contributed by atoms with Crippen LogP contribution in [0.3, 0.4) is 0 Å². The lowest BCUT2D eigenvalue weighted by atomic mass is 10.1. The molecule has 70 valence electrons. The van der Waals surface area contributed by atoms with Gasteiger partial charge in [0.05, 0.1) is 7.11 Å². The van der Waals surface area contributed by atoms with Crippen molar-refractivity contribution in [1.82, 2.24) is 0 Å². The van der Waals surface area contributed by atoms with Gasteiger partial charge in [-0.05, 0) is 0 Å². The summed E-state index contributed by atoms with van der Waals surface area (Å²) in [5.74, 6) is 1.21. The van der Waals surface area contributed by atoms with Crippen LogP contribution in [0.5, 0.6) is 0 Å². The van der Waals surface area contributed by atoms with E-state index in [0.717, 1.165) is 5.76 Å². The standard InChI is InChI=1S/C10H18O2/c1-7(2)9(11)6-10(12-5)8(3)4/h6-8H,1-5H3/b10-6-. The summed E-state index contributed by atoms with van der Waals surface area (Å²) in [6.07, 6.45) is 1.59. The second-order valence-corrected chi connectivity index (χ2v) is 3.46. The van der Waals surface area contributed by atoms with Crippen LogP contribution in [0.4, 0.5) is 0 Å². The van der Waals surface area contributed by atoms with E-state index in [1.54, 1.807) is 13.2 Å². The Morgan fingerprint density at radius 2 is 1.67 bits per heavy atom. The van der Waals surface area contributed by atoms with Gasteiger partial charge in [-0.2, -0.15) is 0 Å². The molecule has 0 atom stereocenters. The summed E-state index contributed by atoms with van der Waals surface area (Å²) in [4.78, 5) is 11.3. The van der Waals surface area contributed by atoms with Gasteiger partial charge in [-0.3, -0.25) is 4.79 Å². The minimum Gasteiger partial charge on any atom is -0.501 e. The topological polar surface area (TPSA) is 26.3 Å². The van der Waals surface area contributed by atoms with Crippen molar-refractivity contribution in [2.45, 2.75) is 27.7 Å². The van der Waals surface area contributed by atoms with Gasteiger partial charge in [-0.25, -0.2) is 0 Å². The van der Waals surface area contributed by atoms with Crippen LogP contribution in [-0.2, 0) is 9.53 Å². The summed E-state index contributed by atoms with van der Waals surface area (Å²) in [6, 6.07) is 0. The van der Waals surface area contributed by atoms with Gasteiger partial charge in [0.25, 0.3) is 0 Å². The predicted octanol–water partition coefficient (Wildman–Crippen LogP) is 2.40. The molecule has 0 bridgehead atoms. The first kappa shape index (κ1) is 11.2. The predicted molar refractivity (Wildman–Crippen MR) is 49.8 cm³/mol. The number of ether oxygens (including phenoxy) is 1. The molecule has 0 aromatic heterocycles. The Morgan fingerprint density at radius 1 is 1.17 bits per heavy atom. The Bertz CT molecular complexity index is 178. The molecule has 0 radical (unpaired) electrons. The van der Waals surface area contributed by atoms with E-state index in [0.29, 0.717) is 0 Å². The molecule has 0 amide bonds. The van der Waals surface area contributed by atoms with Gasteiger partial charge in [-0.15, -0.1) is 0 Å². The molecule has 0 aliphatic heterocycles. The van der Waals surface area contributed by atoms with Crippen LogP contribution in [0.1, 0.15) is 27.7 Å². The Balaban J connectivity index is 4.38. The van der Waals surface area contributed by atoms with E-state index < -0.39 is 0 Å². The summed E-state index contributed by atoms with van der Waals surface area (Å²) < 4.78 is 5.07. The molecular formula is C10H18O2. The van der Waals surface area contributed by atoms with Crippen LogP contribution in [-0.4, -0.2) is 12.9 Å². The molecule has 0 heterocycles. The van der Waals surface area contributed by atoms with Gasteiger partial charge in [-0.1, -0.05) is 27.7 Å². The molecule has 2 heteroatoms. The summed E-state index contributed by atoms with van der Waals surface area (Å²) in [6.45, 7) is 7.77. The molecule has 0 fully saturated rings. The first-order chi connectivity index (χ1) is 5.49. The highest BCUT2D eigenvalue weighted by molar-refractivity contribution is 5.91. The van der Waals surface area contributed by atoms with Crippen molar-refractivity contribution in [3.63, 3.8) is 0 Å². The van der Waals surface area contributed by atoms with Gasteiger partial charge < -0.3 is 4.74 Å². The molecule has 0 spiro atoms. The van der Waals surface area contributed by atoms with Crippen molar-refractivity contribution in [2.75, 3.05) is 7.11 Å². The molecule has 0 aromatic rings. The maximum Gasteiger partial charge on any atom is 0.161 e. The molecule has 0 aliphatic rings. The summed E-state index contributed by atoms with van der Waals surface area (Å²) >= 11 is 0. The SMILES string of the molecule is CO/C(=C\C(=O)C(C)C)C(C)C. The molecule has 2 nitrogen and oxygen atoms in total. The highest BCUT2D eigenvalue weighted by atomic mass is 16.5. The highest BCUT2D eigenvalue weighted by Gasteiger charge is 2.08. The van der Waals surface area contributed by atoms with Crippen molar-refractivity contribution in [3.8, 4) is 0 Å². The highest BCUT2D eigenvalue weighted by Crippen LogP contribution is 2.11. The number of carbonyl (C=O) groups excluding carboxylic acids is 1.